The summed E-state index contributed by atoms with van der Waals surface area (Å²) in [5.41, 5.74) is 5.58. The van der Waals surface area contributed by atoms with Crippen molar-refractivity contribution < 1.29 is 13.2 Å². The van der Waals surface area contributed by atoms with Crippen LogP contribution in [0.3, 0.4) is 0 Å². The van der Waals surface area contributed by atoms with E-state index in [2.05, 4.69) is 4.98 Å². The molecule has 2 aromatic rings. The second-order valence-electron chi connectivity index (χ2n) is 5.72. The number of piperidine rings is 1. The molecular formula is C16H18F3N3. The van der Waals surface area contributed by atoms with Crippen LogP contribution in [0.1, 0.15) is 18.4 Å². The van der Waals surface area contributed by atoms with Crippen LogP contribution >= 0.6 is 0 Å². The van der Waals surface area contributed by atoms with Crippen molar-refractivity contribution in [1.82, 2.24) is 4.98 Å². The Kier molecular flexibility index (Phi) is 3.95. The van der Waals surface area contributed by atoms with Crippen LogP contribution in [0, 0.1) is 5.92 Å². The molecule has 3 nitrogen and oxygen atoms in total. The van der Waals surface area contributed by atoms with E-state index in [-0.39, 0.29) is 5.82 Å². The molecule has 1 aromatic heterocycles. The van der Waals surface area contributed by atoms with Gasteiger partial charge in [-0.25, -0.2) is 4.98 Å². The van der Waals surface area contributed by atoms with Crippen LogP contribution in [0.2, 0.25) is 0 Å². The zero-order chi connectivity index (χ0) is 15.7. The minimum Gasteiger partial charge on any atom is -0.356 e. The fraction of sp³-hybridized carbons (Fsp3) is 0.438. The molecule has 2 N–H and O–H groups in total. The Balaban J connectivity index is 2.03. The van der Waals surface area contributed by atoms with E-state index in [0.717, 1.165) is 12.8 Å². The number of nitrogens with two attached hydrogens (primary N) is 1. The predicted octanol–water partition coefficient (Wildman–Crippen LogP) is 3.43. The Hall–Kier alpha value is -1.82. The van der Waals surface area contributed by atoms with Crippen molar-refractivity contribution in [2.24, 2.45) is 11.7 Å². The first-order valence-electron chi connectivity index (χ1n) is 7.41. The largest absolute Gasteiger partial charge is 0.419 e. The van der Waals surface area contributed by atoms with Crippen molar-refractivity contribution in [3.8, 4) is 0 Å². The number of benzene rings is 1. The fourth-order valence-corrected chi connectivity index (χ4v) is 2.94. The van der Waals surface area contributed by atoms with Gasteiger partial charge < -0.3 is 10.6 Å². The summed E-state index contributed by atoms with van der Waals surface area (Å²) in [7, 11) is 0. The van der Waals surface area contributed by atoms with Gasteiger partial charge in [0.2, 0.25) is 0 Å². The Morgan fingerprint density at radius 2 is 1.86 bits per heavy atom. The maximum atomic E-state index is 13.4. The number of hydrogen-bond donors (Lipinski definition) is 1. The third-order valence-electron chi connectivity index (χ3n) is 4.26. The number of alkyl halides is 3. The number of fused-ring (bicyclic) bond motifs is 1. The lowest BCUT2D eigenvalue weighted by Crippen LogP contribution is -2.37. The van der Waals surface area contributed by atoms with Gasteiger partial charge in [-0.1, -0.05) is 18.2 Å². The number of anilines is 1. The number of pyridine rings is 1. The SMILES string of the molecule is NCC1CCN(c2nc3ccccc3cc2C(F)(F)F)CC1. The van der Waals surface area contributed by atoms with E-state index in [1.54, 1.807) is 29.2 Å². The summed E-state index contributed by atoms with van der Waals surface area (Å²) in [4.78, 5) is 6.03. The molecule has 0 unspecified atom stereocenters. The third-order valence-corrected chi connectivity index (χ3v) is 4.26. The van der Waals surface area contributed by atoms with Crippen LogP contribution in [-0.4, -0.2) is 24.6 Å². The van der Waals surface area contributed by atoms with Crippen molar-refractivity contribution in [1.29, 1.82) is 0 Å². The Morgan fingerprint density at radius 3 is 2.50 bits per heavy atom. The Labute approximate surface area is 126 Å². The zero-order valence-electron chi connectivity index (χ0n) is 12.1. The minimum atomic E-state index is -4.41. The van der Waals surface area contributed by atoms with Crippen molar-refractivity contribution in [2.45, 2.75) is 19.0 Å². The molecule has 1 saturated heterocycles. The van der Waals surface area contributed by atoms with Gasteiger partial charge in [-0.05, 0) is 37.4 Å². The molecule has 1 aromatic carbocycles. The van der Waals surface area contributed by atoms with Gasteiger partial charge in [-0.2, -0.15) is 13.2 Å². The van der Waals surface area contributed by atoms with Crippen molar-refractivity contribution in [3.05, 3.63) is 35.9 Å². The molecule has 1 fully saturated rings. The average molecular weight is 309 g/mol. The summed E-state index contributed by atoms with van der Waals surface area (Å²) in [6, 6.07) is 8.10. The monoisotopic (exact) mass is 309 g/mol. The van der Waals surface area contributed by atoms with E-state index >= 15 is 0 Å². The number of nitrogens with zero attached hydrogens (tertiary/aromatic N) is 2. The first-order valence-corrected chi connectivity index (χ1v) is 7.41. The maximum Gasteiger partial charge on any atom is 0.419 e. The zero-order valence-corrected chi connectivity index (χ0v) is 12.1. The molecule has 0 spiro atoms. The molecule has 1 aliphatic rings. The second-order valence-corrected chi connectivity index (χ2v) is 5.72. The molecule has 2 heterocycles. The summed E-state index contributed by atoms with van der Waals surface area (Å²) in [5.74, 6) is 0.438. The number of rotatable bonds is 2. The minimum absolute atomic E-state index is 0.0432. The molecule has 0 saturated carbocycles. The van der Waals surface area contributed by atoms with E-state index in [1.165, 1.54) is 6.07 Å². The second kappa shape index (κ2) is 5.76. The molecule has 0 atom stereocenters. The lowest BCUT2D eigenvalue weighted by Gasteiger charge is -2.33. The fourth-order valence-electron chi connectivity index (χ4n) is 2.94. The summed E-state index contributed by atoms with van der Waals surface area (Å²) < 4.78 is 40.2. The molecule has 0 aliphatic carbocycles. The molecule has 3 rings (SSSR count). The van der Waals surface area contributed by atoms with Gasteiger partial charge in [-0.15, -0.1) is 0 Å². The lowest BCUT2D eigenvalue weighted by atomic mass is 9.96. The highest BCUT2D eigenvalue weighted by atomic mass is 19.4. The van der Waals surface area contributed by atoms with Crippen LogP contribution in [-0.2, 0) is 6.18 Å². The molecule has 6 heteroatoms. The number of hydrogen-bond acceptors (Lipinski definition) is 3. The third kappa shape index (κ3) is 2.88. The normalized spacial score (nSPS) is 17.2. The van der Waals surface area contributed by atoms with Crippen LogP contribution in [0.4, 0.5) is 19.0 Å². The first-order chi connectivity index (χ1) is 10.5. The van der Waals surface area contributed by atoms with Gasteiger partial charge in [-0.3, -0.25) is 0 Å². The average Bonchev–Trinajstić information content (AvgIpc) is 2.53. The lowest BCUT2D eigenvalue weighted by molar-refractivity contribution is -0.137. The van der Waals surface area contributed by atoms with Gasteiger partial charge in [0.15, 0.2) is 0 Å². The maximum absolute atomic E-state index is 13.4. The standard InChI is InChI=1S/C16H18F3N3/c17-16(18,19)13-9-12-3-1-2-4-14(12)21-15(13)22-7-5-11(10-20)6-8-22/h1-4,9,11H,5-8,10,20H2. The van der Waals surface area contributed by atoms with Crippen molar-refractivity contribution in [3.63, 3.8) is 0 Å². The van der Waals surface area contributed by atoms with E-state index in [9.17, 15) is 13.2 Å². The highest BCUT2D eigenvalue weighted by Gasteiger charge is 2.37. The summed E-state index contributed by atoms with van der Waals surface area (Å²) in [6.07, 6.45) is -2.79. The molecule has 22 heavy (non-hydrogen) atoms. The number of halogens is 3. The molecule has 0 bridgehead atoms. The molecule has 0 radical (unpaired) electrons. The van der Waals surface area contributed by atoms with Gasteiger partial charge in [0.1, 0.15) is 5.82 Å². The first kappa shape index (κ1) is 15.1. The molecular weight excluding hydrogens is 291 g/mol. The van der Waals surface area contributed by atoms with E-state index in [4.69, 9.17) is 5.73 Å². The molecule has 118 valence electrons. The summed E-state index contributed by atoms with van der Waals surface area (Å²) >= 11 is 0. The Morgan fingerprint density at radius 1 is 1.18 bits per heavy atom. The molecule has 0 amide bonds. The molecule has 1 aliphatic heterocycles. The Bertz CT molecular complexity index is 661. The van der Waals surface area contributed by atoms with Gasteiger partial charge >= 0.3 is 6.18 Å². The van der Waals surface area contributed by atoms with E-state index in [1.807, 2.05) is 0 Å². The highest BCUT2D eigenvalue weighted by molar-refractivity contribution is 5.82. The van der Waals surface area contributed by atoms with Gasteiger partial charge in [0, 0.05) is 18.5 Å². The van der Waals surface area contributed by atoms with Crippen LogP contribution in [0.5, 0.6) is 0 Å². The smallest absolute Gasteiger partial charge is 0.356 e. The predicted molar refractivity (Wildman–Crippen MR) is 80.7 cm³/mol. The van der Waals surface area contributed by atoms with Crippen molar-refractivity contribution in [2.75, 3.05) is 24.5 Å². The van der Waals surface area contributed by atoms with Crippen LogP contribution < -0.4 is 10.6 Å². The highest BCUT2D eigenvalue weighted by Crippen LogP contribution is 2.38. The quantitative estimate of drug-likeness (QED) is 0.924. The van der Waals surface area contributed by atoms with E-state index in [0.29, 0.717) is 36.5 Å². The van der Waals surface area contributed by atoms with E-state index < -0.39 is 11.7 Å². The van der Waals surface area contributed by atoms with Gasteiger partial charge in [0.25, 0.3) is 0 Å². The number of aromatic nitrogens is 1. The van der Waals surface area contributed by atoms with Crippen LogP contribution in [0.15, 0.2) is 30.3 Å². The topological polar surface area (TPSA) is 42.1 Å². The van der Waals surface area contributed by atoms with Crippen molar-refractivity contribution >= 4 is 16.7 Å². The summed E-state index contributed by atoms with van der Waals surface area (Å²) in [5, 5.41) is 0.510. The summed E-state index contributed by atoms with van der Waals surface area (Å²) in [6.45, 7) is 1.72. The number of para-hydroxylation sites is 1. The van der Waals surface area contributed by atoms with Gasteiger partial charge in [0.05, 0.1) is 11.1 Å². The van der Waals surface area contributed by atoms with Crippen LogP contribution in [0.25, 0.3) is 10.9 Å².